The molecule has 84 valence electrons. The Morgan fingerprint density at radius 3 is 2.07 bits per heavy atom. The van der Waals surface area contributed by atoms with Crippen molar-refractivity contribution in [1.29, 1.82) is 0 Å². The minimum atomic E-state index is 1.27. The summed E-state index contributed by atoms with van der Waals surface area (Å²) in [5, 5.41) is 0. The summed E-state index contributed by atoms with van der Waals surface area (Å²) >= 11 is 0. The Kier molecular flexibility index (Phi) is 4.31. The topological polar surface area (TPSA) is 15.8 Å². The summed E-state index contributed by atoms with van der Waals surface area (Å²) in [7, 11) is 0. The first-order chi connectivity index (χ1) is 7.47. The summed E-state index contributed by atoms with van der Waals surface area (Å²) in [6, 6.07) is 2.28. The molecule has 2 rings (SSSR count). The van der Waals surface area contributed by atoms with Crippen LogP contribution < -0.4 is 0 Å². The Hall–Kier alpha value is -0.720. The first-order valence-electron chi connectivity index (χ1n) is 6.62. The van der Waals surface area contributed by atoms with E-state index in [0.29, 0.717) is 0 Å². The number of aryl methyl sites for hydroxylation is 2. The molecule has 1 aromatic heterocycles. The first kappa shape index (κ1) is 10.8. The molecular weight excluding hydrogens is 182 g/mol. The van der Waals surface area contributed by atoms with Gasteiger partial charge in [-0.2, -0.15) is 0 Å². The smallest absolute Gasteiger partial charge is 0.0179 e. The number of aromatic nitrogens is 1. The standard InChI is InChI=1S/C14H23N/c1-2-4-6-8-10-14-13(11-12-15-14)9-7-5-3-1/h11-12,15H,1-10H2. The van der Waals surface area contributed by atoms with Crippen LogP contribution in [-0.4, -0.2) is 4.98 Å². The fraction of sp³-hybridized carbons (Fsp3) is 0.714. The molecule has 1 nitrogen and oxygen atoms in total. The van der Waals surface area contributed by atoms with Crippen LogP contribution in [-0.2, 0) is 12.8 Å². The van der Waals surface area contributed by atoms with Gasteiger partial charge in [-0.05, 0) is 37.3 Å². The quantitative estimate of drug-likeness (QED) is 0.652. The van der Waals surface area contributed by atoms with Gasteiger partial charge in [0.2, 0.25) is 0 Å². The Morgan fingerprint density at radius 2 is 1.33 bits per heavy atom. The van der Waals surface area contributed by atoms with Crippen LogP contribution in [0.1, 0.15) is 62.6 Å². The highest BCUT2D eigenvalue weighted by Gasteiger charge is 2.04. The lowest BCUT2D eigenvalue weighted by Crippen LogP contribution is -1.95. The van der Waals surface area contributed by atoms with Gasteiger partial charge in [-0.1, -0.05) is 38.5 Å². The van der Waals surface area contributed by atoms with E-state index in [2.05, 4.69) is 17.2 Å². The number of rotatable bonds is 0. The van der Waals surface area contributed by atoms with Gasteiger partial charge in [0.25, 0.3) is 0 Å². The third-order valence-electron chi connectivity index (χ3n) is 3.55. The molecule has 0 atom stereocenters. The molecule has 1 aliphatic carbocycles. The summed E-state index contributed by atoms with van der Waals surface area (Å²) in [4.78, 5) is 3.41. The first-order valence-corrected chi connectivity index (χ1v) is 6.62. The van der Waals surface area contributed by atoms with E-state index in [9.17, 15) is 0 Å². The Bertz CT molecular complexity index is 248. The predicted octanol–water partition coefficient (Wildman–Crippen LogP) is 4.23. The maximum Gasteiger partial charge on any atom is 0.0179 e. The summed E-state index contributed by atoms with van der Waals surface area (Å²) in [5.74, 6) is 0. The minimum Gasteiger partial charge on any atom is -0.365 e. The number of H-pyrrole nitrogens is 1. The van der Waals surface area contributed by atoms with Gasteiger partial charge in [-0.25, -0.2) is 0 Å². The average Bonchev–Trinajstić information content (AvgIpc) is 2.65. The minimum absolute atomic E-state index is 1.27. The Labute approximate surface area is 93.3 Å². The van der Waals surface area contributed by atoms with Crippen LogP contribution in [0, 0.1) is 0 Å². The van der Waals surface area contributed by atoms with Crippen molar-refractivity contribution in [3.8, 4) is 0 Å². The molecule has 1 heteroatoms. The van der Waals surface area contributed by atoms with E-state index in [-0.39, 0.29) is 0 Å². The van der Waals surface area contributed by atoms with Crippen molar-refractivity contribution in [2.75, 3.05) is 0 Å². The second kappa shape index (κ2) is 5.99. The van der Waals surface area contributed by atoms with Crippen LogP contribution in [0.4, 0.5) is 0 Å². The monoisotopic (exact) mass is 205 g/mol. The van der Waals surface area contributed by atoms with E-state index in [1.807, 2.05) is 0 Å². The van der Waals surface area contributed by atoms with Crippen molar-refractivity contribution < 1.29 is 0 Å². The second-order valence-corrected chi connectivity index (χ2v) is 4.81. The van der Waals surface area contributed by atoms with Crippen molar-refractivity contribution in [2.45, 2.75) is 64.2 Å². The predicted molar refractivity (Wildman–Crippen MR) is 65.1 cm³/mol. The van der Waals surface area contributed by atoms with Crippen molar-refractivity contribution in [3.05, 3.63) is 23.5 Å². The van der Waals surface area contributed by atoms with Crippen molar-refractivity contribution >= 4 is 0 Å². The van der Waals surface area contributed by atoms with Crippen LogP contribution in [0.15, 0.2) is 12.3 Å². The number of hydrogen-bond donors (Lipinski definition) is 1. The molecule has 0 bridgehead atoms. The Balaban J connectivity index is 1.92. The molecule has 1 aromatic rings. The summed E-state index contributed by atoms with van der Waals surface area (Å²) < 4.78 is 0. The molecule has 0 unspecified atom stereocenters. The van der Waals surface area contributed by atoms with Crippen LogP contribution in [0.25, 0.3) is 0 Å². The van der Waals surface area contributed by atoms with E-state index < -0.39 is 0 Å². The molecule has 0 amide bonds. The van der Waals surface area contributed by atoms with Gasteiger partial charge in [0.1, 0.15) is 0 Å². The second-order valence-electron chi connectivity index (χ2n) is 4.81. The van der Waals surface area contributed by atoms with Gasteiger partial charge in [0, 0.05) is 11.9 Å². The molecule has 0 saturated carbocycles. The number of hydrogen-bond acceptors (Lipinski definition) is 0. The largest absolute Gasteiger partial charge is 0.365 e. The third-order valence-corrected chi connectivity index (χ3v) is 3.55. The zero-order valence-electron chi connectivity index (χ0n) is 9.73. The third kappa shape index (κ3) is 3.40. The molecule has 1 heterocycles. The zero-order valence-corrected chi connectivity index (χ0v) is 9.73. The van der Waals surface area contributed by atoms with E-state index in [4.69, 9.17) is 0 Å². The molecule has 0 aliphatic heterocycles. The molecule has 0 fully saturated rings. The van der Waals surface area contributed by atoms with Gasteiger partial charge in [0.05, 0.1) is 0 Å². The van der Waals surface area contributed by atoms with Crippen LogP contribution >= 0.6 is 0 Å². The summed E-state index contributed by atoms with van der Waals surface area (Å²) in [6.45, 7) is 0. The fourth-order valence-electron chi connectivity index (χ4n) is 2.58. The highest BCUT2D eigenvalue weighted by molar-refractivity contribution is 5.20. The lowest BCUT2D eigenvalue weighted by atomic mass is 10.00. The number of nitrogens with one attached hydrogen (secondary N) is 1. The van der Waals surface area contributed by atoms with Crippen LogP contribution in [0.3, 0.4) is 0 Å². The van der Waals surface area contributed by atoms with E-state index in [0.717, 1.165) is 0 Å². The van der Waals surface area contributed by atoms with Gasteiger partial charge in [-0.15, -0.1) is 0 Å². The summed E-state index contributed by atoms with van der Waals surface area (Å²) in [6.07, 6.45) is 16.1. The van der Waals surface area contributed by atoms with Gasteiger partial charge in [0.15, 0.2) is 0 Å². The lowest BCUT2D eigenvalue weighted by Gasteiger charge is -2.07. The average molecular weight is 205 g/mol. The lowest BCUT2D eigenvalue weighted by molar-refractivity contribution is 0.558. The molecule has 0 aromatic carbocycles. The maximum atomic E-state index is 3.41. The van der Waals surface area contributed by atoms with Crippen LogP contribution in [0.5, 0.6) is 0 Å². The molecule has 1 N–H and O–H groups in total. The maximum absolute atomic E-state index is 3.41. The molecule has 0 radical (unpaired) electrons. The van der Waals surface area contributed by atoms with Crippen molar-refractivity contribution in [3.63, 3.8) is 0 Å². The fourth-order valence-corrected chi connectivity index (χ4v) is 2.58. The number of aromatic amines is 1. The highest BCUT2D eigenvalue weighted by atomic mass is 14.7. The molecule has 0 saturated heterocycles. The van der Waals surface area contributed by atoms with Gasteiger partial charge < -0.3 is 4.98 Å². The molecule has 1 aliphatic rings. The zero-order chi connectivity index (χ0) is 10.3. The van der Waals surface area contributed by atoms with E-state index in [1.165, 1.54) is 69.9 Å². The van der Waals surface area contributed by atoms with E-state index >= 15 is 0 Å². The van der Waals surface area contributed by atoms with Crippen molar-refractivity contribution in [1.82, 2.24) is 4.98 Å². The number of fused-ring (bicyclic) bond motifs is 1. The molecule has 15 heavy (non-hydrogen) atoms. The summed E-state index contributed by atoms with van der Waals surface area (Å²) in [5.41, 5.74) is 3.09. The normalized spacial score (nSPS) is 20.0. The van der Waals surface area contributed by atoms with Crippen LogP contribution in [0.2, 0.25) is 0 Å². The SMILES string of the molecule is c1cc2c([nH]1)CCCCCCCCCC2. The van der Waals surface area contributed by atoms with E-state index in [1.54, 1.807) is 5.56 Å². The highest BCUT2D eigenvalue weighted by Crippen LogP contribution is 2.17. The molecule has 0 spiro atoms. The van der Waals surface area contributed by atoms with Crippen molar-refractivity contribution in [2.24, 2.45) is 0 Å². The molecular formula is C14H23N. The Morgan fingerprint density at radius 1 is 0.733 bits per heavy atom. The van der Waals surface area contributed by atoms with Gasteiger partial charge >= 0.3 is 0 Å². The van der Waals surface area contributed by atoms with Gasteiger partial charge in [-0.3, -0.25) is 0 Å².